The normalized spacial score (nSPS) is 12.9. The number of nitrogens with zero attached hydrogens (tertiary/aromatic N) is 4. The van der Waals surface area contributed by atoms with Crippen LogP contribution in [0.4, 0.5) is 15.9 Å². The summed E-state index contributed by atoms with van der Waals surface area (Å²) in [5, 5.41) is 22.6. The molecule has 0 fully saturated rings. The molecule has 8 nitrogen and oxygen atoms in total. The van der Waals surface area contributed by atoms with Crippen LogP contribution in [0.3, 0.4) is 0 Å². The molecule has 0 saturated heterocycles. The number of fused-ring (bicyclic) bond motifs is 1. The van der Waals surface area contributed by atoms with Crippen molar-refractivity contribution in [3.05, 3.63) is 75.8 Å². The van der Waals surface area contributed by atoms with Crippen LogP contribution in [0.5, 0.6) is 0 Å². The van der Waals surface area contributed by atoms with Crippen LogP contribution in [0.2, 0.25) is 0 Å². The number of halogens is 1. The molecule has 1 aromatic carbocycles. The minimum absolute atomic E-state index is 0. The maximum absolute atomic E-state index is 13.9. The lowest BCUT2D eigenvalue weighted by molar-refractivity contribution is 0.102. The molecule has 0 spiro atoms. The Kier molecular flexibility index (Phi) is 5.33. The summed E-state index contributed by atoms with van der Waals surface area (Å²) in [6, 6.07) is 7.79. The molecule has 0 bridgehead atoms. The number of nitrogens with one attached hydrogen (secondary N) is 3. The molecule has 31 heavy (non-hydrogen) atoms. The standard InChI is InChI=1S/C22H22FN7O.H2/c1-13-14(2)21(28-30(12-24)20(13)25)29-8-7-18-16(11-29)9-15(10-26-18)22(31)27-19-6-4-3-5-17(19)23;/h3-6,9-10,12,24-25H,7-8,11H2,1-2H3,(H,27,31);1H. The topological polar surface area (TPSA) is 111 Å². The van der Waals surface area contributed by atoms with E-state index in [1.807, 2.05) is 13.8 Å². The second kappa shape index (κ2) is 8.10. The van der Waals surface area contributed by atoms with E-state index in [0.29, 0.717) is 30.9 Å². The molecule has 2 aromatic heterocycles. The van der Waals surface area contributed by atoms with Crippen LogP contribution in [0.25, 0.3) is 0 Å². The van der Waals surface area contributed by atoms with Crippen LogP contribution >= 0.6 is 0 Å². The second-order valence-corrected chi connectivity index (χ2v) is 7.43. The van der Waals surface area contributed by atoms with Crippen LogP contribution < -0.4 is 15.7 Å². The van der Waals surface area contributed by atoms with Crippen LogP contribution in [0.15, 0.2) is 36.5 Å². The predicted molar refractivity (Wildman–Crippen MR) is 117 cm³/mol. The Morgan fingerprint density at radius 2 is 2.06 bits per heavy atom. The summed E-state index contributed by atoms with van der Waals surface area (Å²) in [5.41, 5.74) is 4.09. The third-order valence-corrected chi connectivity index (χ3v) is 5.53. The molecule has 0 unspecified atom stereocenters. The van der Waals surface area contributed by atoms with Crippen molar-refractivity contribution in [3.8, 4) is 0 Å². The largest absolute Gasteiger partial charge is 0.350 e. The Morgan fingerprint density at radius 3 is 2.81 bits per heavy atom. The number of aromatic nitrogens is 3. The van der Waals surface area contributed by atoms with Gasteiger partial charge in [-0.05, 0) is 43.2 Å². The van der Waals surface area contributed by atoms with Crippen molar-refractivity contribution in [2.75, 3.05) is 16.8 Å². The first-order valence-corrected chi connectivity index (χ1v) is 9.83. The average molecular weight is 421 g/mol. The fourth-order valence-electron chi connectivity index (χ4n) is 3.63. The average Bonchev–Trinajstić information content (AvgIpc) is 2.78. The van der Waals surface area contributed by atoms with Crippen molar-refractivity contribution in [2.45, 2.75) is 26.8 Å². The number of para-hydroxylation sites is 1. The number of pyridine rings is 1. The van der Waals surface area contributed by atoms with Gasteiger partial charge in [0.1, 0.15) is 12.2 Å². The minimum atomic E-state index is -0.498. The van der Waals surface area contributed by atoms with Gasteiger partial charge < -0.3 is 10.2 Å². The molecule has 3 N–H and O–H groups in total. The van der Waals surface area contributed by atoms with Crippen molar-refractivity contribution in [1.82, 2.24) is 14.8 Å². The van der Waals surface area contributed by atoms with Gasteiger partial charge in [0.15, 0.2) is 11.3 Å². The first-order valence-electron chi connectivity index (χ1n) is 9.83. The van der Waals surface area contributed by atoms with E-state index in [2.05, 4.69) is 20.3 Å². The highest BCUT2D eigenvalue weighted by molar-refractivity contribution is 6.04. The lowest BCUT2D eigenvalue weighted by Crippen LogP contribution is -2.36. The molecule has 0 atom stereocenters. The fourth-order valence-corrected chi connectivity index (χ4v) is 3.63. The van der Waals surface area contributed by atoms with E-state index in [-0.39, 0.29) is 12.6 Å². The summed E-state index contributed by atoms with van der Waals surface area (Å²) in [7, 11) is 0. The highest BCUT2D eigenvalue weighted by Crippen LogP contribution is 2.25. The molecule has 4 rings (SSSR count). The summed E-state index contributed by atoms with van der Waals surface area (Å²) in [6.45, 7) is 4.93. The molecule has 1 amide bonds. The number of amides is 1. The Bertz CT molecular complexity index is 1260. The number of benzene rings is 1. The van der Waals surface area contributed by atoms with Gasteiger partial charge in [0, 0.05) is 38.4 Å². The lowest BCUT2D eigenvalue weighted by atomic mass is 10.0. The van der Waals surface area contributed by atoms with Crippen molar-refractivity contribution >= 4 is 23.8 Å². The first-order chi connectivity index (χ1) is 14.9. The SMILES string of the molecule is Cc1c(N2CCc3ncc(C(=O)Nc4ccccc4F)cc3C2)nn(C=N)c(=N)c1C.[HH]. The van der Waals surface area contributed by atoms with Crippen molar-refractivity contribution < 1.29 is 10.6 Å². The highest BCUT2D eigenvalue weighted by atomic mass is 19.1. The molecule has 1 aliphatic heterocycles. The van der Waals surface area contributed by atoms with Gasteiger partial charge in [0.05, 0.1) is 11.3 Å². The Morgan fingerprint density at radius 1 is 1.29 bits per heavy atom. The van der Waals surface area contributed by atoms with Gasteiger partial charge in [-0.2, -0.15) is 0 Å². The van der Waals surface area contributed by atoms with Crippen molar-refractivity contribution in [3.63, 3.8) is 0 Å². The molecule has 160 valence electrons. The first kappa shape index (κ1) is 20.4. The molecule has 3 aromatic rings. The monoisotopic (exact) mass is 421 g/mol. The zero-order valence-corrected chi connectivity index (χ0v) is 17.2. The number of hydrogen-bond donors (Lipinski definition) is 3. The summed E-state index contributed by atoms with van der Waals surface area (Å²) in [5.74, 6) is -0.228. The molecular formula is C22H24FN7O. The van der Waals surface area contributed by atoms with E-state index in [4.69, 9.17) is 10.8 Å². The summed E-state index contributed by atoms with van der Waals surface area (Å²) in [4.78, 5) is 19.1. The van der Waals surface area contributed by atoms with Gasteiger partial charge in [0.25, 0.3) is 5.91 Å². The van der Waals surface area contributed by atoms with E-state index < -0.39 is 11.7 Å². The number of anilines is 2. The van der Waals surface area contributed by atoms with E-state index in [9.17, 15) is 9.18 Å². The van der Waals surface area contributed by atoms with Crippen LogP contribution in [-0.4, -0.2) is 33.6 Å². The Hall–Kier alpha value is -3.88. The Labute approximate surface area is 179 Å². The van der Waals surface area contributed by atoms with Gasteiger partial charge in [-0.3, -0.25) is 20.6 Å². The van der Waals surface area contributed by atoms with E-state index >= 15 is 0 Å². The summed E-state index contributed by atoms with van der Waals surface area (Å²) < 4.78 is 15.1. The zero-order chi connectivity index (χ0) is 22.1. The summed E-state index contributed by atoms with van der Waals surface area (Å²) in [6.07, 6.45) is 3.21. The number of rotatable bonds is 4. The maximum atomic E-state index is 13.9. The number of carbonyl (C=O) groups excluding carboxylic acids is 1. The Balaban J connectivity index is 0.00000289. The minimum Gasteiger partial charge on any atom is -0.350 e. The number of hydrogen-bond acceptors (Lipinski definition) is 6. The lowest BCUT2D eigenvalue weighted by Gasteiger charge is -2.31. The summed E-state index contributed by atoms with van der Waals surface area (Å²) >= 11 is 0. The second-order valence-electron chi connectivity index (χ2n) is 7.43. The predicted octanol–water partition coefficient (Wildman–Crippen LogP) is 3.03. The molecule has 3 heterocycles. The molecule has 0 aliphatic carbocycles. The van der Waals surface area contributed by atoms with E-state index in [1.165, 1.54) is 23.0 Å². The fraction of sp³-hybridized carbons (Fsp3) is 0.227. The highest BCUT2D eigenvalue weighted by Gasteiger charge is 2.23. The molecule has 0 saturated carbocycles. The third kappa shape index (κ3) is 3.81. The maximum Gasteiger partial charge on any atom is 0.257 e. The van der Waals surface area contributed by atoms with Crippen LogP contribution in [0, 0.1) is 30.5 Å². The van der Waals surface area contributed by atoms with Gasteiger partial charge in [-0.25, -0.2) is 9.07 Å². The van der Waals surface area contributed by atoms with Gasteiger partial charge in [-0.15, -0.1) is 5.10 Å². The van der Waals surface area contributed by atoms with Crippen molar-refractivity contribution in [2.24, 2.45) is 0 Å². The quantitative estimate of drug-likeness (QED) is 0.444. The van der Waals surface area contributed by atoms with E-state index in [0.717, 1.165) is 28.7 Å². The zero-order valence-electron chi connectivity index (χ0n) is 17.2. The molecule has 9 heteroatoms. The van der Waals surface area contributed by atoms with Gasteiger partial charge >= 0.3 is 0 Å². The molecule has 0 radical (unpaired) electrons. The third-order valence-electron chi connectivity index (χ3n) is 5.53. The smallest absolute Gasteiger partial charge is 0.257 e. The van der Waals surface area contributed by atoms with E-state index in [1.54, 1.807) is 18.2 Å². The molecule has 1 aliphatic rings. The van der Waals surface area contributed by atoms with Gasteiger partial charge in [0.2, 0.25) is 0 Å². The van der Waals surface area contributed by atoms with Crippen molar-refractivity contribution in [1.29, 1.82) is 10.8 Å². The van der Waals surface area contributed by atoms with Gasteiger partial charge in [-0.1, -0.05) is 12.1 Å². The number of carbonyl (C=O) groups is 1. The van der Waals surface area contributed by atoms with Crippen LogP contribution in [-0.2, 0) is 13.0 Å². The molecular weight excluding hydrogens is 397 g/mol. The van der Waals surface area contributed by atoms with Crippen LogP contribution in [0.1, 0.15) is 34.2 Å².